The van der Waals surface area contributed by atoms with E-state index in [9.17, 15) is 16.8 Å². The molecule has 1 heterocycles. The van der Waals surface area contributed by atoms with Gasteiger partial charge in [0, 0.05) is 18.8 Å². The van der Waals surface area contributed by atoms with Crippen LogP contribution in [0, 0.1) is 0 Å². The van der Waals surface area contributed by atoms with Gasteiger partial charge in [-0.1, -0.05) is 24.3 Å². The van der Waals surface area contributed by atoms with Crippen molar-refractivity contribution >= 4 is 25.7 Å². The van der Waals surface area contributed by atoms with Gasteiger partial charge in [0.25, 0.3) is 0 Å². The van der Waals surface area contributed by atoms with Gasteiger partial charge in [-0.05, 0) is 55.7 Å². The maximum Gasteiger partial charge on any atom is 0.243 e. The fraction of sp³-hybridized carbons (Fsp3) is 0.333. The molecule has 1 N–H and O–H groups in total. The molecular weight excluding hydrogens is 372 g/mol. The third kappa shape index (κ3) is 3.77. The lowest BCUT2D eigenvalue weighted by Gasteiger charge is -2.28. The van der Waals surface area contributed by atoms with Crippen molar-refractivity contribution in [3.63, 3.8) is 0 Å². The normalized spacial score (nSPS) is 15.7. The lowest BCUT2D eigenvalue weighted by Crippen LogP contribution is -2.36. The predicted octanol–water partition coefficient (Wildman–Crippen LogP) is 2.58. The van der Waals surface area contributed by atoms with E-state index in [1.54, 1.807) is 56.3 Å². The topological polar surface area (TPSA) is 83.6 Å². The molecule has 0 spiro atoms. The summed E-state index contributed by atoms with van der Waals surface area (Å²) in [6.45, 7) is 3.84. The number of nitrogens with zero attached hydrogens (tertiary/aromatic N) is 1. The quantitative estimate of drug-likeness (QED) is 0.845. The van der Waals surface area contributed by atoms with Crippen LogP contribution in [0.2, 0.25) is 0 Å². The Morgan fingerprint density at radius 1 is 0.962 bits per heavy atom. The van der Waals surface area contributed by atoms with E-state index in [2.05, 4.69) is 4.72 Å². The SMILES string of the molecule is CC(C)S(=O)(=O)Nc1ccc2c(c1)CN(S(=O)(=O)c1ccccc1)CC2. The van der Waals surface area contributed by atoms with Crippen LogP contribution in [0.1, 0.15) is 25.0 Å². The van der Waals surface area contributed by atoms with Crippen molar-refractivity contribution in [1.82, 2.24) is 4.31 Å². The van der Waals surface area contributed by atoms with E-state index >= 15 is 0 Å². The molecule has 140 valence electrons. The lowest BCUT2D eigenvalue weighted by molar-refractivity contribution is 0.391. The molecule has 2 aromatic carbocycles. The molecule has 0 aromatic heterocycles. The van der Waals surface area contributed by atoms with Crippen LogP contribution < -0.4 is 4.72 Å². The van der Waals surface area contributed by atoms with Crippen molar-refractivity contribution in [3.8, 4) is 0 Å². The number of sulfonamides is 2. The molecule has 0 radical (unpaired) electrons. The van der Waals surface area contributed by atoms with Crippen LogP contribution >= 0.6 is 0 Å². The van der Waals surface area contributed by atoms with E-state index in [-0.39, 0.29) is 11.4 Å². The summed E-state index contributed by atoms with van der Waals surface area (Å²) in [4.78, 5) is 0.264. The summed E-state index contributed by atoms with van der Waals surface area (Å²) in [5.41, 5.74) is 2.31. The average Bonchev–Trinajstić information content (AvgIpc) is 2.61. The highest BCUT2D eigenvalue weighted by Gasteiger charge is 2.28. The molecule has 6 nitrogen and oxygen atoms in total. The van der Waals surface area contributed by atoms with E-state index in [0.717, 1.165) is 11.1 Å². The van der Waals surface area contributed by atoms with Gasteiger partial charge < -0.3 is 0 Å². The molecule has 0 atom stereocenters. The Bertz CT molecular complexity index is 1000. The molecule has 0 unspecified atom stereocenters. The molecule has 1 aliphatic rings. The number of nitrogens with one attached hydrogen (secondary N) is 1. The number of benzene rings is 2. The zero-order valence-electron chi connectivity index (χ0n) is 14.7. The molecule has 1 aliphatic heterocycles. The van der Waals surface area contributed by atoms with Gasteiger partial charge in [-0.3, -0.25) is 4.72 Å². The minimum Gasteiger partial charge on any atom is -0.283 e. The Kier molecular flexibility index (Phi) is 5.09. The van der Waals surface area contributed by atoms with E-state index < -0.39 is 25.3 Å². The molecule has 26 heavy (non-hydrogen) atoms. The maximum atomic E-state index is 12.8. The van der Waals surface area contributed by atoms with Crippen molar-refractivity contribution in [1.29, 1.82) is 0 Å². The summed E-state index contributed by atoms with van der Waals surface area (Å²) in [5.74, 6) is 0. The number of anilines is 1. The monoisotopic (exact) mass is 394 g/mol. The number of hydrogen-bond donors (Lipinski definition) is 1. The third-order valence-electron chi connectivity index (χ3n) is 4.45. The fourth-order valence-corrected chi connectivity index (χ4v) is 4.95. The molecular formula is C18H22N2O4S2. The second-order valence-corrected chi connectivity index (χ2v) is 10.8. The lowest BCUT2D eigenvalue weighted by atomic mass is 10.0. The van der Waals surface area contributed by atoms with Gasteiger partial charge in [0.15, 0.2) is 0 Å². The van der Waals surface area contributed by atoms with Crippen molar-refractivity contribution in [2.75, 3.05) is 11.3 Å². The number of hydrogen-bond acceptors (Lipinski definition) is 4. The second kappa shape index (κ2) is 7.02. The molecule has 0 saturated heterocycles. The molecule has 0 saturated carbocycles. The van der Waals surface area contributed by atoms with Crippen molar-refractivity contribution < 1.29 is 16.8 Å². The molecule has 0 aliphatic carbocycles. The predicted molar refractivity (Wildman–Crippen MR) is 102 cm³/mol. The van der Waals surface area contributed by atoms with Gasteiger partial charge in [-0.2, -0.15) is 4.31 Å². The van der Waals surface area contributed by atoms with Crippen LogP contribution in [0.4, 0.5) is 5.69 Å². The summed E-state index contributed by atoms with van der Waals surface area (Å²) in [5, 5.41) is -0.548. The van der Waals surface area contributed by atoms with Crippen LogP contribution in [0.3, 0.4) is 0 Å². The Balaban J connectivity index is 1.87. The van der Waals surface area contributed by atoms with Crippen molar-refractivity contribution in [2.24, 2.45) is 0 Å². The zero-order valence-corrected chi connectivity index (χ0v) is 16.3. The largest absolute Gasteiger partial charge is 0.283 e. The van der Waals surface area contributed by atoms with Crippen LogP contribution in [0.5, 0.6) is 0 Å². The summed E-state index contributed by atoms with van der Waals surface area (Å²) < 4.78 is 53.7. The fourth-order valence-electron chi connectivity index (χ4n) is 2.82. The first-order chi connectivity index (χ1) is 12.2. The van der Waals surface area contributed by atoms with E-state index in [1.165, 1.54) is 4.31 Å². The first-order valence-electron chi connectivity index (χ1n) is 8.39. The Morgan fingerprint density at radius 2 is 1.65 bits per heavy atom. The van der Waals surface area contributed by atoms with Crippen LogP contribution in [0.15, 0.2) is 53.4 Å². The van der Waals surface area contributed by atoms with Gasteiger partial charge >= 0.3 is 0 Å². The third-order valence-corrected chi connectivity index (χ3v) is 8.07. The van der Waals surface area contributed by atoms with Crippen LogP contribution in [0.25, 0.3) is 0 Å². The van der Waals surface area contributed by atoms with Crippen molar-refractivity contribution in [3.05, 3.63) is 59.7 Å². The molecule has 8 heteroatoms. The minimum absolute atomic E-state index is 0.226. The summed E-state index contributed by atoms with van der Waals surface area (Å²) in [7, 11) is -7.02. The van der Waals surface area contributed by atoms with E-state index in [0.29, 0.717) is 18.7 Å². The highest BCUT2D eigenvalue weighted by atomic mass is 32.2. The summed E-state index contributed by atoms with van der Waals surface area (Å²) in [6.07, 6.45) is 0.596. The van der Waals surface area contributed by atoms with Crippen LogP contribution in [-0.4, -0.2) is 32.9 Å². The molecule has 0 bridgehead atoms. The van der Waals surface area contributed by atoms with Gasteiger partial charge in [-0.25, -0.2) is 16.8 Å². The summed E-state index contributed by atoms with van der Waals surface area (Å²) >= 11 is 0. The smallest absolute Gasteiger partial charge is 0.243 e. The zero-order chi connectivity index (χ0) is 18.9. The molecule has 2 aromatic rings. The standard InChI is InChI=1S/C18H22N2O4S2/c1-14(2)25(21,22)19-17-9-8-15-10-11-20(13-16(15)12-17)26(23,24)18-6-4-3-5-7-18/h3-9,12,14,19H,10-11,13H2,1-2H3. The highest BCUT2D eigenvalue weighted by Crippen LogP contribution is 2.27. The van der Waals surface area contributed by atoms with Gasteiger partial charge in [0.1, 0.15) is 0 Å². The molecule has 0 fully saturated rings. The number of fused-ring (bicyclic) bond motifs is 1. The molecule has 3 rings (SSSR count). The first-order valence-corrected chi connectivity index (χ1v) is 11.4. The first kappa shape index (κ1) is 18.9. The Morgan fingerprint density at radius 3 is 2.31 bits per heavy atom. The molecule has 0 amide bonds. The summed E-state index contributed by atoms with van der Waals surface area (Å²) in [6, 6.07) is 13.6. The second-order valence-electron chi connectivity index (χ2n) is 6.58. The van der Waals surface area contributed by atoms with Gasteiger partial charge in [0.2, 0.25) is 20.0 Å². The van der Waals surface area contributed by atoms with Crippen molar-refractivity contribution in [2.45, 2.75) is 37.0 Å². The van der Waals surface area contributed by atoms with E-state index in [4.69, 9.17) is 0 Å². The highest BCUT2D eigenvalue weighted by molar-refractivity contribution is 7.93. The Hall–Kier alpha value is -1.90. The van der Waals surface area contributed by atoms with E-state index in [1.807, 2.05) is 6.07 Å². The Labute approximate surface area is 155 Å². The van der Waals surface area contributed by atoms with Gasteiger partial charge in [-0.15, -0.1) is 0 Å². The number of rotatable bonds is 5. The average molecular weight is 395 g/mol. The van der Waals surface area contributed by atoms with Gasteiger partial charge in [0.05, 0.1) is 10.1 Å². The van der Waals surface area contributed by atoms with Crippen LogP contribution in [-0.2, 0) is 33.0 Å². The maximum absolute atomic E-state index is 12.8. The minimum atomic E-state index is -3.57.